The van der Waals surface area contributed by atoms with Crippen molar-refractivity contribution < 1.29 is 26.7 Å². The van der Waals surface area contributed by atoms with Crippen LogP contribution in [0.3, 0.4) is 0 Å². The Labute approximate surface area is 85.8 Å². The molecule has 0 fully saturated rings. The smallest absolute Gasteiger partial charge is 0.435 e. The van der Waals surface area contributed by atoms with Crippen molar-refractivity contribution in [2.24, 2.45) is 0 Å². The zero-order chi connectivity index (χ0) is 12.5. The first-order valence-corrected chi connectivity index (χ1v) is 3.94. The standard InChI is InChI=1S/C8H6F5NO2/c1-16-5-4(15)2-3(7(9)10)14-6(5)8(11,12)13/h2,7H,1H3,(H,14,15). The Morgan fingerprint density at radius 2 is 1.94 bits per heavy atom. The third-order valence-corrected chi connectivity index (χ3v) is 1.73. The molecule has 8 heteroatoms. The average molecular weight is 243 g/mol. The van der Waals surface area contributed by atoms with E-state index in [-0.39, 0.29) is 0 Å². The van der Waals surface area contributed by atoms with E-state index in [4.69, 9.17) is 0 Å². The molecule has 1 rings (SSSR count). The molecule has 0 atom stereocenters. The lowest BCUT2D eigenvalue weighted by atomic mass is 10.2. The highest BCUT2D eigenvalue weighted by molar-refractivity contribution is 5.32. The van der Waals surface area contributed by atoms with Crippen LogP contribution in [-0.4, -0.2) is 12.1 Å². The molecule has 0 aliphatic rings. The molecule has 90 valence electrons. The zero-order valence-corrected chi connectivity index (χ0v) is 7.86. The lowest BCUT2D eigenvalue weighted by Gasteiger charge is -2.12. The van der Waals surface area contributed by atoms with E-state index in [1.54, 1.807) is 0 Å². The van der Waals surface area contributed by atoms with Gasteiger partial charge >= 0.3 is 6.18 Å². The molecule has 0 aliphatic heterocycles. The van der Waals surface area contributed by atoms with Crippen LogP contribution >= 0.6 is 0 Å². The Balaban J connectivity index is 3.50. The Kier molecular flexibility index (Phi) is 3.20. The third-order valence-electron chi connectivity index (χ3n) is 1.73. The van der Waals surface area contributed by atoms with Crippen LogP contribution < -0.4 is 10.2 Å². The van der Waals surface area contributed by atoms with Crippen LogP contribution in [0, 0.1) is 0 Å². The second-order valence-corrected chi connectivity index (χ2v) is 2.80. The largest absolute Gasteiger partial charge is 0.491 e. The van der Waals surface area contributed by atoms with Crippen molar-refractivity contribution >= 4 is 0 Å². The molecule has 3 nitrogen and oxygen atoms in total. The van der Waals surface area contributed by atoms with Crippen molar-refractivity contribution in [2.45, 2.75) is 12.6 Å². The summed E-state index contributed by atoms with van der Waals surface area (Å²) < 4.78 is 65.7. The fourth-order valence-corrected chi connectivity index (χ4v) is 1.09. The number of hydrogen-bond donors (Lipinski definition) is 1. The van der Waals surface area contributed by atoms with Gasteiger partial charge in [-0.2, -0.15) is 13.2 Å². The number of halogens is 5. The summed E-state index contributed by atoms with van der Waals surface area (Å²) in [5.74, 6) is -1.03. The van der Waals surface area contributed by atoms with Crippen LogP contribution in [0.15, 0.2) is 10.9 Å². The number of ether oxygens (including phenoxy) is 1. The number of aromatic nitrogens is 1. The third kappa shape index (κ3) is 2.31. The minimum atomic E-state index is -4.96. The number of alkyl halides is 5. The highest BCUT2D eigenvalue weighted by atomic mass is 19.4. The first-order valence-electron chi connectivity index (χ1n) is 3.94. The second-order valence-electron chi connectivity index (χ2n) is 2.80. The summed E-state index contributed by atoms with van der Waals surface area (Å²) in [6.45, 7) is 0. The summed E-state index contributed by atoms with van der Waals surface area (Å²) in [5.41, 5.74) is -3.96. The molecule has 0 saturated heterocycles. The van der Waals surface area contributed by atoms with Gasteiger partial charge in [-0.3, -0.25) is 4.79 Å². The summed E-state index contributed by atoms with van der Waals surface area (Å²) in [5, 5.41) is 0. The minimum absolute atomic E-state index is 0.374. The molecule has 0 bridgehead atoms. The van der Waals surface area contributed by atoms with E-state index in [1.807, 2.05) is 0 Å². The first kappa shape index (κ1) is 12.5. The van der Waals surface area contributed by atoms with E-state index in [1.165, 1.54) is 4.98 Å². The summed E-state index contributed by atoms with van der Waals surface area (Å²) in [4.78, 5) is 12.5. The van der Waals surface area contributed by atoms with Crippen LogP contribution in [-0.2, 0) is 6.18 Å². The van der Waals surface area contributed by atoms with Crippen molar-refractivity contribution in [1.29, 1.82) is 0 Å². The lowest BCUT2D eigenvalue weighted by molar-refractivity contribution is -0.142. The number of H-pyrrole nitrogens is 1. The zero-order valence-electron chi connectivity index (χ0n) is 7.86. The quantitative estimate of drug-likeness (QED) is 0.810. The van der Waals surface area contributed by atoms with Gasteiger partial charge in [-0.25, -0.2) is 8.78 Å². The van der Waals surface area contributed by atoms with Gasteiger partial charge in [0, 0.05) is 6.07 Å². The van der Waals surface area contributed by atoms with Gasteiger partial charge in [-0.15, -0.1) is 0 Å². The van der Waals surface area contributed by atoms with Crippen molar-refractivity contribution in [2.75, 3.05) is 7.11 Å². The number of hydrogen-bond acceptors (Lipinski definition) is 2. The maximum atomic E-state index is 12.4. The van der Waals surface area contributed by atoms with Gasteiger partial charge in [0.05, 0.1) is 12.8 Å². The predicted molar refractivity (Wildman–Crippen MR) is 43.6 cm³/mol. The van der Waals surface area contributed by atoms with Crippen molar-refractivity contribution in [3.8, 4) is 5.75 Å². The van der Waals surface area contributed by atoms with E-state index in [0.29, 0.717) is 6.07 Å². The van der Waals surface area contributed by atoms with E-state index < -0.39 is 35.2 Å². The molecular weight excluding hydrogens is 237 g/mol. The molecule has 1 aromatic rings. The van der Waals surface area contributed by atoms with E-state index in [0.717, 1.165) is 7.11 Å². The molecule has 0 aliphatic carbocycles. The van der Waals surface area contributed by atoms with Gasteiger partial charge in [0.15, 0.2) is 11.4 Å². The van der Waals surface area contributed by atoms with Crippen LogP contribution in [0.1, 0.15) is 17.8 Å². The normalized spacial score (nSPS) is 11.9. The highest BCUT2D eigenvalue weighted by Crippen LogP contribution is 2.33. The minimum Gasteiger partial charge on any atom is -0.491 e. The van der Waals surface area contributed by atoms with Crippen molar-refractivity contribution in [1.82, 2.24) is 4.98 Å². The molecule has 0 unspecified atom stereocenters. The fraction of sp³-hybridized carbons (Fsp3) is 0.375. The maximum Gasteiger partial charge on any atom is 0.435 e. The van der Waals surface area contributed by atoms with Gasteiger partial charge in [-0.1, -0.05) is 0 Å². The molecule has 16 heavy (non-hydrogen) atoms. The summed E-state index contributed by atoms with van der Waals surface area (Å²) in [7, 11) is 0.849. The van der Waals surface area contributed by atoms with Crippen LogP contribution in [0.4, 0.5) is 22.0 Å². The van der Waals surface area contributed by atoms with Gasteiger partial charge in [0.25, 0.3) is 6.43 Å². The molecule has 1 N–H and O–H groups in total. The van der Waals surface area contributed by atoms with Crippen molar-refractivity contribution in [3.05, 3.63) is 27.7 Å². The number of rotatable bonds is 2. The van der Waals surface area contributed by atoms with Crippen LogP contribution in [0.25, 0.3) is 0 Å². The van der Waals surface area contributed by atoms with E-state index >= 15 is 0 Å². The molecule has 0 spiro atoms. The van der Waals surface area contributed by atoms with Gasteiger partial charge in [0.2, 0.25) is 5.43 Å². The number of methoxy groups -OCH3 is 1. The van der Waals surface area contributed by atoms with Gasteiger partial charge in [-0.05, 0) is 0 Å². The molecular formula is C8H6F5NO2. The topological polar surface area (TPSA) is 42.1 Å². The molecule has 0 radical (unpaired) electrons. The number of pyridine rings is 1. The number of nitrogens with one attached hydrogen (secondary N) is 1. The Morgan fingerprint density at radius 3 is 2.31 bits per heavy atom. The Hall–Kier alpha value is -1.60. The summed E-state index contributed by atoms with van der Waals surface area (Å²) >= 11 is 0. The molecule has 0 amide bonds. The van der Waals surface area contributed by atoms with E-state index in [2.05, 4.69) is 4.74 Å². The van der Waals surface area contributed by atoms with Gasteiger partial charge < -0.3 is 9.72 Å². The summed E-state index contributed by atoms with van der Waals surface area (Å²) in [6, 6.07) is 0.374. The number of aromatic amines is 1. The fourth-order valence-electron chi connectivity index (χ4n) is 1.09. The predicted octanol–water partition coefficient (Wildman–Crippen LogP) is 2.34. The Morgan fingerprint density at radius 1 is 1.38 bits per heavy atom. The highest BCUT2D eigenvalue weighted by Gasteiger charge is 2.37. The van der Waals surface area contributed by atoms with Crippen molar-refractivity contribution in [3.63, 3.8) is 0 Å². The molecule has 0 saturated carbocycles. The first-order chi connectivity index (χ1) is 7.27. The van der Waals surface area contributed by atoms with Crippen LogP contribution in [0.5, 0.6) is 5.75 Å². The maximum absolute atomic E-state index is 12.4. The van der Waals surface area contributed by atoms with E-state index in [9.17, 15) is 26.7 Å². The molecule has 1 aromatic heterocycles. The lowest BCUT2D eigenvalue weighted by Crippen LogP contribution is -2.19. The average Bonchev–Trinajstić information content (AvgIpc) is 2.14. The molecule has 0 aromatic carbocycles. The summed E-state index contributed by atoms with van der Waals surface area (Å²) in [6.07, 6.45) is -8.16. The van der Waals surface area contributed by atoms with Crippen LogP contribution in [0.2, 0.25) is 0 Å². The molecule has 1 heterocycles. The monoisotopic (exact) mass is 243 g/mol. The van der Waals surface area contributed by atoms with Gasteiger partial charge in [0.1, 0.15) is 0 Å². The second kappa shape index (κ2) is 4.11. The SMILES string of the molecule is COc1c(C(F)(F)F)[nH]c(C(F)F)cc1=O. The Bertz CT molecular complexity index is 437.